The SMILES string of the molecule is COC(=O)c1cc(C(=O)NCCOCCOCCOCCOCCOCCOCCOc2cnn3c(C#Cc4cc(C(=O)Cc5ccc(CN6CCN(C)CC6)c(C(F)(F)F)c5)ccc4C)cnc3c2)ccc1C. The van der Waals surface area contributed by atoms with Gasteiger partial charge in [0, 0.05) is 68.4 Å². The van der Waals surface area contributed by atoms with Crippen LogP contribution in [0.15, 0.2) is 73.1 Å². The Labute approximate surface area is 429 Å². The summed E-state index contributed by atoms with van der Waals surface area (Å²) in [6.07, 6.45) is -1.58. The zero-order valence-corrected chi connectivity index (χ0v) is 42.4. The Hall–Kier alpha value is -6.28. The summed E-state index contributed by atoms with van der Waals surface area (Å²) in [6.45, 7) is 12.1. The largest absolute Gasteiger partial charge is 0.489 e. The summed E-state index contributed by atoms with van der Waals surface area (Å²) in [5.41, 5.74) is 4.07. The molecule has 1 fully saturated rings. The van der Waals surface area contributed by atoms with Gasteiger partial charge in [0.1, 0.15) is 18.1 Å². The number of nitrogens with one attached hydrogen (secondary N) is 1. The van der Waals surface area contributed by atoms with E-state index in [1.807, 2.05) is 18.9 Å². The Bertz CT molecular complexity index is 2680. The number of benzene rings is 3. The molecule has 0 atom stereocenters. The van der Waals surface area contributed by atoms with Crippen molar-refractivity contribution in [2.45, 2.75) is 33.0 Å². The summed E-state index contributed by atoms with van der Waals surface area (Å²) in [7, 11) is 3.30. The van der Waals surface area contributed by atoms with Crippen molar-refractivity contribution in [3.05, 3.63) is 129 Å². The van der Waals surface area contributed by atoms with E-state index in [4.69, 9.17) is 37.9 Å². The number of rotatable bonds is 29. The number of aromatic nitrogens is 3. The summed E-state index contributed by atoms with van der Waals surface area (Å²) < 4.78 is 87.9. The van der Waals surface area contributed by atoms with Gasteiger partial charge in [0.25, 0.3) is 5.91 Å². The maximum Gasteiger partial charge on any atom is 0.416 e. The number of aryl methyl sites for hydroxylation is 2. The van der Waals surface area contributed by atoms with Crippen LogP contribution in [0.1, 0.15) is 70.1 Å². The molecule has 6 rings (SSSR count). The molecule has 20 heteroatoms. The smallest absolute Gasteiger partial charge is 0.416 e. The minimum Gasteiger partial charge on any atom is -0.489 e. The summed E-state index contributed by atoms with van der Waals surface area (Å²) in [4.78, 5) is 46.2. The van der Waals surface area contributed by atoms with Crippen LogP contribution < -0.4 is 10.1 Å². The van der Waals surface area contributed by atoms with E-state index in [1.165, 1.54) is 19.2 Å². The van der Waals surface area contributed by atoms with Gasteiger partial charge in [-0.1, -0.05) is 36.3 Å². The number of alkyl halides is 3. The maximum atomic E-state index is 14.2. The molecular weight excluding hydrogens is 966 g/mol. The van der Waals surface area contributed by atoms with E-state index in [9.17, 15) is 27.6 Å². The Morgan fingerprint density at radius 2 is 1.30 bits per heavy atom. The molecule has 1 N–H and O–H groups in total. The molecule has 1 aliphatic rings. The van der Waals surface area contributed by atoms with Crippen LogP contribution >= 0.6 is 0 Å². The molecule has 0 saturated carbocycles. The standard InChI is InChI=1S/C54H65F3N6O11/c1-39-5-8-43(50(64)32-41-7-10-45(49(31-41)54(55,56)57)38-62-16-14-61(3)15-17-62)33-42(39)11-12-46-36-59-51-35-47(37-60-63(46)51)74-30-29-73-28-27-72-26-25-71-24-23-70-22-21-69-20-19-68-18-13-58-52(65)44-9-6-40(2)48(34-44)53(66)67-4/h5-10,31,33-37H,13-30,32,38H2,1-4H3,(H,58,65). The topological polar surface area (TPSA) is 174 Å². The van der Waals surface area contributed by atoms with E-state index in [2.05, 4.69) is 32.1 Å². The number of Topliss-reactive ketones (excluding diaryl/α,β-unsaturated/α-hetero) is 1. The number of carbonyl (C=O) groups excluding carboxylic acids is 3. The third-order valence-corrected chi connectivity index (χ3v) is 11.8. The lowest BCUT2D eigenvalue weighted by Gasteiger charge is -2.33. The molecule has 74 heavy (non-hydrogen) atoms. The lowest BCUT2D eigenvalue weighted by atomic mass is 9.96. The van der Waals surface area contributed by atoms with Crippen molar-refractivity contribution in [1.82, 2.24) is 29.7 Å². The van der Waals surface area contributed by atoms with Crippen LogP contribution in [0.4, 0.5) is 13.2 Å². The number of ether oxygens (including phenoxy) is 8. The highest BCUT2D eigenvalue weighted by Crippen LogP contribution is 2.34. The van der Waals surface area contributed by atoms with Gasteiger partial charge in [0.05, 0.1) is 110 Å². The first-order valence-electron chi connectivity index (χ1n) is 24.4. The molecule has 3 aromatic carbocycles. The zero-order valence-electron chi connectivity index (χ0n) is 42.4. The molecule has 0 spiro atoms. The van der Waals surface area contributed by atoms with Crippen molar-refractivity contribution in [2.24, 2.45) is 0 Å². The lowest BCUT2D eigenvalue weighted by molar-refractivity contribution is -0.138. The Morgan fingerprint density at radius 3 is 1.93 bits per heavy atom. The summed E-state index contributed by atoms with van der Waals surface area (Å²) >= 11 is 0. The molecule has 1 amide bonds. The van der Waals surface area contributed by atoms with E-state index in [0.29, 0.717) is 144 Å². The van der Waals surface area contributed by atoms with Crippen molar-refractivity contribution in [3.63, 3.8) is 0 Å². The number of hydrogen-bond acceptors (Lipinski definition) is 15. The molecule has 1 saturated heterocycles. The van der Waals surface area contributed by atoms with E-state index >= 15 is 0 Å². The van der Waals surface area contributed by atoms with Crippen molar-refractivity contribution >= 4 is 23.3 Å². The second-order valence-electron chi connectivity index (χ2n) is 17.4. The molecule has 0 unspecified atom stereocenters. The molecule has 5 aromatic rings. The van der Waals surface area contributed by atoms with Crippen LogP contribution in [-0.2, 0) is 52.3 Å². The fourth-order valence-electron chi connectivity index (χ4n) is 7.61. The number of ketones is 1. The highest BCUT2D eigenvalue weighted by Gasteiger charge is 2.34. The molecule has 1 aliphatic heterocycles. The van der Waals surface area contributed by atoms with Crippen LogP contribution in [0, 0.1) is 25.7 Å². The van der Waals surface area contributed by atoms with Crippen LogP contribution in [0.2, 0.25) is 0 Å². The number of fused-ring (bicyclic) bond motifs is 1. The predicted octanol–water partition coefficient (Wildman–Crippen LogP) is 5.63. The Kier molecular flexibility index (Phi) is 22.8. The summed E-state index contributed by atoms with van der Waals surface area (Å²) in [6, 6.07) is 15.9. The molecule has 0 radical (unpaired) electrons. The number of likely N-dealkylation sites (N-methyl/N-ethyl adjacent to an activating group) is 1. The van der Waals surface area contributed by atoms with Gasteiger partial charge in [-0.2, -0.15) is 18.3 Å². The van der Waals surface area contributed by atoms with Gasteiger partial charge in [-0.15, -0.1) is 0 Å². The lowest BCUT2D eigenvalue weighted by Crippen LogP contribution is -2.44. The number of carbonyl (C=O) groups is 3. The highest BCUT2D eigenvalue weighted by atomic mass is 19.4. The van der Waals surface area contributed by atoms with Crippen LogP contribution in [0.25, 0.3) is 5.65 Å². The van der Waals surface area contributed by atoms with Crippen LogP contribution in [0.3, 0.4) is 0 Å². The van der Waals surface area contributed by atoms with E-state index in [1.54, 1.807) is 66.3 Å². The predicted molar refractivity (Wildman–Crippen MR) is 268 cm³/mol. The molecule has 2 aromatic heterocycles. The van der Waals surface area contributed by atoms with Gasteiger partial charge in [-0.25, -0.2) is 14.3 Å². The highest BCUT2D eigenvalue weighted by molar-refractivity contribution is 5.99. The monoisotopic (exact) mass is 1030 g/mol. The van der Waals surface area contributed by atoms with Crippen LogP contribution in [0.5, 0.6) is 5.75 Å². The number of esters is 1. The van der Waals surface area contributed by atoms with Gasteiger partial charge >= 0.3 is 12.1 Å². The third-order valence-electron chi connectivity index (χ3n) is 11.8. The van der Waals surface area contributed by atoms with Crippen molar-refractivity contribution in [3.8, 4) is 17.6 Å². The van der Waals surface area contributed by atoms with Gasteiger partial charge in [0.2, 0.25) is 0 Å². The minimum atomic E-state index is -4.54. The third kappa shape index (κ3) is 18.3. The average Bonchev–Trinajstić information content (AvgIpc) is 3.80. The zero-order chi connectivity index (χ0) is 52.7. The Morgan fingerprint density at radius 1 is 0.689 bits per heavy atom. The first kappa shape index (κ1) is 57.0. The fourth-order valence-corrected chi connectivity index (χ4v) is 7.61. The maximum absolute atomic E-state index is 14.2. The summed E-state index contributed by atoms with van der Waals surface area (Å²) in [5, 5.41) is 7.20. The van der Waals surface area contributed by atoms with Crippen molar-refractivity contribution < 1.29 is 65.4 Å². The van der Waals surface area contributed by atoms with Crippen molar-refractivity contribution in [1.29, 1.82) is 0 Å². The molecular formula is C54H65F3N6O11. The van der Waals surface area contributed by atoms with E-state index in [-0.39, 0.29) is 36.8 Å². The van der Waals surface area contributed by atoms with E-state index < -0.39 is 17.7 Å². The minimum absolute atomic E-state index is 0.181. The van der Waals surface area contributed by atoms with Crippen molar-refractivity contribution in [2.75, 3.05) is 133 Å². The first-order valence-corrected chi connectivity index (χ1v) is 24.4. The van der Waals surface area contributed by atoms with E-state index in [0.717, 1.165) is 30.3 Å². The molecule has 0 aliphatic carbocycles. The number of nitrogens with zero attached hydrogens (tertiary/aromatic N) is 5. The average molecular weight is 1030 g/mol. The number of hydrogen-bond donors (Lipinski definition) is 1. The quantitative estimate of drug-likeness (QED) is 0.0270. The molecule has 17 nitrogen and oxygen atoms in total. The second kappa shape index (κ2) is 29.6. The number of methoxy groups -OCH3 is 1. The van der Waals surface area contributed by atoms with Gasteiger partial charge in [0.15, 0.2) is 11.4 Å². The molecule has 0 bridgehead atoms. The number of piperazine rings is 1. The summed E-state index contributed by atoms with van der Waals surface area (Å²) in [5.74, 6) is 5.59. The molecule has 398 valence electrons. The van der Waals surface area contributed by atoms with Gasteiger partial charge in [-0.05, 0) is 73.3 Å². The van der Waals surface area contributed by atoms with Gasteiger partial charge in [-0.3, -0.25) is 14.5 Å². The second-order valence-corrected chi connectivity index (χ2v) is 17.4. The molecule has 3 heterocycles. The number of amides is 1. The normalized spacial score (nSPS) is 13.2. The first-order chi connectivity index (χ1) is 35.8. The number of imidazole rings is 1. The van der Waals surface area contributed by atoms with Gasteiger partial charge < -0.3 is 48.1 Å². The fraction of sp³-hybridized carbons (Fsp3) is 0.463. The Balaban J connectivity index is 0.781. The van der Waals surface area contributed by atoms with Crippen LogP contribution in [-0.4, -0.2) is 175 Å². The number of halogens is 3.